The number of carbonyl (C=O) groups is 1. The van der Waals surface area contributed by atoms with E-state index in [2.05, 4.69) is 21.9 Å². The molecular weight excluding hydrogens is 324 g/mol. The van der Waals surface area contributed by atoms with Gasteiger partial charge in [-0.25, -0.2) is 0 Å². The average molecular weight is 357 g/mol. The molecule has 2 unspecified atom stereocenters. The van der Waals surface area contributed by atoms with Gasteiger partial charge >= 0.3 is 0 Å². The van der Waals surface area contributed by atoms with Crippen molar-refractivity contribution in [1.82, 2.24) is 9.80 Å². The van der Waals surface area contributed by atoms with Gasteiger partial charge in [0, 0.05) is 30.7 Å². The topological polar surface area (TPSA) is 32.8 Å². The highest BCUT2D eigenvalue weighted by atomic mass is 16.5. The van der Waals surface area contributed by atoms with Crippen molar-refractivity contribution < 1.29 is 9.53 Å². The van der Waals surface area contributed by atoms with E-state index in [9.17, 15) is 4.79 Å². The summed E-state index contributed by atoms with van der Waals surface area (Å²) < 4.78 is 5.52. The summed E-state index contributed by atoms with van der Waals surface area (Å²) >= 11 is 0. The van der Waals surface area contributed by atoms with Crippen molar-refractivity contribution in [2.75, 3.05) is 20.2 Å². The molecule has 0 aromatic heterocycles. The number of benzene rings is 1. The molecule has 1 saturated heterocycles. The van der Waals surface area contributed by atoms with E-state index in [1.165, 1.54) is 56.9 Å². The summed E-state index contributed by atoms with van der Waals surface area (Å²) in [4.78, 5) is 17.8. The Bertz CT molecular complexity index is 626. The van der Waals surface area contributed by atoms with Crippen molar-refractivity contribution in [1.29, 1.82) is 0 Å². The second kappa shape index (κ2) is 7.99. The second-order valence-electron chi connectivity index (χ2n) is 8.29. The molecule has 3 aliphatic rings. The standard InChI is InChI=1S/C22H32N2O2/c1-26-21-11-5-3-8-18(21)15-23(19-12-13-19)16-22(25)24-14-6-9-17-7-2-4-10-20(17)24/h3,5,8,11,17,19-20H,2,4,6-7,9-10,12-16H2,1H3. The first kappa shape index (κ1) is 17.8. The lowest BCUT2D eigenvalue weighted by molar-refractivity contribution is -0.139. The van der Waals surface area contributed by atoms with Crippen LogP contribution < -0.4 is 4.74 Å². The fourth-order valence-electron chi connectivity index (χ4n) is 5.01. The number of amides is 1. The summed E-state index contributed by atoms with van der Waals surface area (Å²) in [5.41, 5.74) is 1.18. The fourth-order valence-corrected chi connectivity index (χ4v) is 5.01. The molecule has 4 rings (SSSR count). The number of fused-ring (bicyclic) bond motifs is 1. The Morgan fingerprint density at radius 3 is 2.69 bits per heavy atom. The Hall–Kier alpha value is -1.55. The normalized spacial score (nSPS) is 25.8. The van der Waals surface area contributed by atoms with E-state index in [0.717, 1.165) is 24.8 Å². The summed E-state index contributed by atoms with van der Waals surface area (Å²) in [6.07, 6.45) is 10.1. The lowest BCUT2D eigenvalue weighted by Gasteiger charge is -2.44. The first-order chi connectivity index (χ1) is 12.8. The van der Waals surface area contributed by atoms with E-state index in [1.807, 2.05) is 12.1 Å². The molecule has 1 amide bonds. The van der Waals surface area contributed by atoms with E-state index >= 15 is 0 Å². The predicted molar refractivity (Wildman–Crippen MR) is 103 cm³/mol. The van der Waals surface area contributed by atoms with Crippen LogP contribution in [-0.2, 0) is 11.3 Å². The molecule has 142 valence electrons. The lowest BCUT2D eigenvalue weighted by Crippen LogP contribution is -2.52. The number of hydrogen-bond acceptors (Lipinski definition) is 3. The first-order valence-corrected chi connectivity index (χ1v) is 10.4. The zero-order valence-corrected chi connectivity index (χ0v) is 16.0. The fraction of sp³-hybridized carbons (Fsp3) is 0.682. The maximum Gasteiger partial charge on any atom is 0.237 e. The van der Waals surface area contributed by atoms with E-state index in [0.29, 0.717) is 24.5 Å². The lowest BCUT2D eigenvalue weighted by atomic mass is 9.78. The minimum absolute atomic E-state index is 0.350. The third-order valence-electron chi connectivity index (χ3n) is 6.53. The molecule has 4 heteroatoms. The number of methoxy groups -OCH3 is 1. The Morgan fingerprint density at radius 1 is 1.12 bits per heavy atom. The molecule has 26 heavy (non-hydrogen) atoms. The van der Waals surface area contributed by atoms with Gasteiger partial charge in [0.25, 0.3) is 0 Å². The van der Waals surface area contributed by atoms with Crippen molar-refractivity contribution in [3.63, 3.8) is 0 Å². The molecule has 0 bridgehead atoms. The molecule has 1 aromatic carbocycles. The van der Waals surface area contributed by atoms with Gasteiger partial charge in [0.1, 0.15) is 5.75 Å². The first-order valence-electron chi connectivity index (χ1n) is 10.4. The Kier molecular flexibility index (Phi) is 5.49. The monoisotopic (exact) mass is 356 g/mol. The summed E-state index contributed by atoms with van der Waals surface area (Å²) in [7, 11) is 1.72. The van der Waals surface area contributed by atoms with Crippen molar-refractivity contribution in [3.05, 3.63) is 29.8 Å². The highest BCUT2D eigenvalue weighted by molar-refractivity contribution is 5.79. The Balaban J connectivity index is 1.44. The molecule has 2 saturated carbocycles. The largest absolute Gasteiger partial charge is 0.496 e. The van der Waals surface area contributed by atoms with Gasteiger partial charge in [0.05, 0.1) is 13.7 Å². The molecule has 1 heterocycles. The van der Waals surface area contributed by atoms with Gasteiger partial charge in [0.2, 0.25) is 5.91 Å². The quantitative estimate of drug-likeness (QED) is 0.776. The van der Waals surface area contributed by atoms with Crippen LogP contribution in [0.4, 0.5) is 0 Å². The molecule has 1 aromatic rings. The molecule has 0 spiro atoms. The van der Waals surface area contributed by atoms with Gasteiger partial charge in [-0.3, -0.25) is 9.69 Å². The van der Waals surface area contributed by atoms with Crippen molar-refractivity contribution in [2.45, 2.75) is 70.0 Å². The van der Waals surface area contributed by atoms with Crippen molar-refractivity contribution in [3.8, 4) is 5.75 Å². The summed E-state index contributed by atoms with van der Waals surface area (Å²) in [6.45, 7) is 2.33. The maximum absolute atomic E-state index is 13.2. The van der Waals surface area contributed by atoms with Crippen LogP contribution >= 0.6 is 0 Å². The van der Waals surface area contributed by atoms with Gasteiger partial charge in [-0.2, -0.15) is 0 Å². The van der Waals surface area contributed by atoms with Crippen LogP contribution in [0.15, 0.2) is 24.3 Å². The number of rotatable bonds is 6. The zero-order chi connectivity index (χ0) is 17.9. The number of hydrogen-bond donors (Lipinski definition) is 0. The van der Waals surface area contributed by atoms with Gasteiger partial charge in [0.15, 0.2) is 0 Å². The van der Waals surface area contributed by atoms with Gasteiger partial charge in [-0.1, -0.05) is 31.0 Å². The van der Waals surface area contributed by atoms with Gasteiger partial charge in [-0.05, 0) is 50.5 Å². The molecular formula is C22H32N2O2. The summed E-state index contributed by atoms with van der Waals surface area (Å²) in [5.74, 6) is 2.03. The third-order valence-corrected chi connectivity index (χ3v) is 6.53. The van der Waals surface area contributed by atoms with E-state index in [4.69, 9.17) is 4.74 Å². The molecule has 2 atom stereocenters. The van der Waals surface area contributed by atoms with Gasteiger partial charge < -0.3 is 9.64 Å². The Labute approximate surface area is 157 Å². The van der Waals surface area contributed by atoms with Crippen LogP contribution in [0.5, 0.6) is 5.75 Å². The van der Waals surface area contributed by atoms with Gasteiger partial charge in [-0.15, -0.1) is 0 Å². The number of ether oxygens (including phenoxy) is 1. The van der Waals surface area contributed by atoms with Crippen LogP contribution in [0.2, 0.25) is 0 Å². The SMILES string of the molecule is COc1ccccc1CN(CC(=O)N1CCCC2CCCCC21)C1CC1. The zero-order valence-electron chi connectivity index (χ0n) is 16.0. The molecule has 0 radical (unpaired) electrons. The van der Waals surface area contributed by atoms with Crippen LogP contribution in [-0.4, -0.2) is 48.0 Å². The number of nitrogens with zero attached hydrogens (tertiary/aromatic N) is 2. The highest BCUT2D eigenvalue weighted by Crippen LogP contribution is 2.36. The molecule has 1 aliphatic heterocycles. The van der Waals surface area contributed by atoms with E-state index in [-0.39, 0.29) is 0 Å². The van der Waals surface area contributed by atoms with Crippen LogP contribution in [0.3, 0.4) is 0 Å². The summed E-state index contributed by atoms with van der Waals surface area (Å²) in [6, 6.07) is 9.28. The van der Waals surface area contributed by atoms with Crippen molar-refractivity contribution in [2.24, 2.45) is 5.92 Å². The smallest absolute Gasteiger partial charge is 0.237 e. The van der Waals surface area contributed by atoms with Crippen LogP contribution in [0, 0.1) is 5.92 Å². The highest BCUT2D eigenvalue weighted by Gasteiger charge is 2.38. The maximum atomic E-state index is 13.2. The molecule has 4 nitrogen and oxygen atoms in total. The van der Waals surface area contributed by atoms with Crippen molar-refractivity contribution >= 4 is 5.91 Å². The number of likely N-dealkylation sites (tertiary alicyclic amines) is 1. The molecule has 2 aliphatic carbocycles. The Morgan fingerprint density at radius 2 is 1.88 bits per heavy atom. The van der Waals surface area contributed by atoms with Crippen LogP contribution in [0.1, 0.15) is 56.9 Å². The van der Waals surface area contributed by atoms with E-state index < -0.39 is 0 Å². The number of piperidine rings is 1. The minimum atomic E-state index is 0.350. The molecule has 3 fully saturated rings. The second-order valence-corrected chi connectivity index (χ2v) is 8.29. The average Bonchev–Trinajstić information content (AvgIpc) is 3.52. The van der Waals surface area contributed by atoms with E-state index in [1.54, 1.807) is 7.11 Å². The van der Waals surface area contributed by atoms with Crippen LogP contribution in [0.25, 0.3) is 0 Å². The summed E-state index contributed by atoms with van der Waals surface area (Å²) in [5, 5.41) is 0. The molecule has 0 N–H and O–H groups in total. The minimum Gasteiger partial charge on any atom is -0.496 e. The predicted octanol–water partition coefficient (Wildman–Crippen LogP) is 3.84. The third kappa shape index (κ3) is 3.90. The number of para-hydroxylation sites is 1. The number of carbonyl (C=O) groups excluding carboxylic acids is 1.